The number of nitrogens with zero attached hydrogens (tertiary/aromatic N) is 1. The van der Waals surface area contributed by atoms with Crippen LogP contribution in [0.4, 0.5) is 4.79 Å². The third kappa shape index (κ3) is 4.45. The third-order valence-corrected chi connectivity index (χ3v) is 5.39. The van der Waals surface area contributed by atoms with Gasteiger partial charge in [0.15, 0.2) is 0 Å². The van der Waals surface area contributed by atoms with Crippen LogP contribution in [-0.4, -0.2) is 29.8 Å². The molecule has 1 aromatic heterocycles. The Morgan fingerprint density at radius 2 is 2.13 bits per heavy atom. The Hall–Kier alpha value is -1.59. The van der Waals surface area contributed by atoms with E-state index in [0.717, 1.165) is 36.6 Å². The van der Waals surface area contributed by atoms with Gasteiger partial charge in [-0.1, -0.05) is 23.7 Å². The summed E-state index contributed by atoms with van der Waals surface area (Å²) in [5.41, 5.74) is 1.04. The lowest BCUT2D eigenvalue weighted by Crippen LogP contribution is -2.40. The van der Waals surface area contributed by atoms with Crippen LogP contribution in [-0.2, 0) is 6.54 Å². The zero-order chi connectivity index (χ0) is 16.1. The number of amides is 2. The van der Waals surface area contributed by atoms with Gasteiger partial charge in [-0.15, -0.1) is 11.8 Å². The molecule has 1 N–H and O–H groups in total. The first-order chi connectivity index (χ1) is 11.2. The highest BCUT2D eigenvalue weighted by Gasteiger charge is 2.23. The van der Waals surface area contributed by atoms with Crippen LogP contribution >= 0.6 is 23.4 Å². The number of carbonyl (C=O) groups is 1. The summed E-state index contributed by atoms with van der Waals surface area (Å²) in [6.07, 6.45) is 2.62. The van der Waals surface area contributed by atoms with E-state index in [0.29, 0.717) is 16.8 Å². The van der Waals surface area contributed by atoms with Crippen LogP contribution < -0.4 is 5.32 Å². The van der Waals surface area contributed by atoms with Crippen molar-refractivity contribution in [2.45, 2.75) is 18.2 Å². The summed E-state index contributed by atoms with van der Waals surface area (Å²) in [6.45, 7) is 2.01. The van der Waals surface area contributed by atoms with Gasteiger partial charge < -0.3 is 14.6 Å². The Labute approximate surface area is 145 Å². The molecule has 6 heteroatoms. The summed E-state index contributed by atoms with van der Waals surface area (Å²) in [6, 6.07) is 11.4. The molecule has 2 amide bonds. The van der Waals surface area contributed by atoms with Crippen LogP contribution in [0.2, 0.25) is 5.02 Å². The fourth-order valence-corrected chi connectivity index (χ4v) is 3.87. The first-order valence-electron chi connectivity index (χ1n) is 7.64. The van der Waals surface area contributed by atoms with E-state index in [2.05, 4.69) is 5.32 Å². The number of rotatable bonds is 3. The maximum Gasteiger partial charge on any atom is 0.317 e. The minimum atomic E-state index is -0.0133. The van der Waals surface area contributed by atoms with Crippen molar-refractivity contribution in [1.29, 1.82) is 0 Å². The van der Waals surface area contributed by atoms with E-state index in [4.69, 9.17) is 16.0 Å². The molecule has 0 aliphatic carbocycles. The molecule has 23 heavy (non-hydrogen) atoms. The number of carbonyl (C=O) groups excluding carboxylic acids is 1. The molecule has 2 heterocycles. The number of hydrogen-bond donors (Lipinski definition) is 1. The average molecular weight is 351 g/mol. The second-order valence-electron chi connectivity index (χ2n) is 5.44. The summed E-state index contributed by atoms with van der Waals surface area (Å²) >= 11 is 7.71. The summed E-state index contributed by atoms with van der Waals surface area (Å²) in [7, 11) is 0. The molecule has 1 fully saturated rings. The Morgan fingerprint density at radius 3 is 2.87 bits per heavy atom. The van der Waals surface area contributed by atoms with Gasteiger partial charge in [0, 0.05) is 30.4 Å². The molecule has 4 nitrogen and oxygen atoms in total. The molecule has 1 atom stereocenters. The number of hydrogen-bond acceptors (Lipinski definition) is 3. The highest BCUT2D eigenvalue weighted by atomic mass is 35.5. The van der Waals surface area contributed by atoms with Gasteiger partial charge in [0.25, 0.3) is 0 Å². The van der Waals surface area contributed by atoms with Crippen molar-refractivity contribution in [3.05, 3.63) is 59.0 Å². The summed E-state index contributed by atoms with van der Waals surface area (Å²) in [5.74, 6) is 1.91. The van der Waals surface area contributed by atoms with E-state index < -0.39 is 0 Å². The van der Waals surface area contributed by atoms with E-state index in [-0.39, 0.29) is 6.03 Å². The number of halogens is 1. The van der Waals surface area contributed by atoms with Crippen molar-refractivity contribution in [2.24, 2.45) is 0 Å². The lowest BCUT2D eigenvalue weighted by Gasteiger charge is -2.20. The molecule has 0 unspecified atom stereocenters. The molecule has 0 saturated carbocycles. The first-order valence-corrected chi connectivity index (χ1v) is 9.07. The maximum atomic E-state index is 12.3. The van der Waals surface area contributed by atoms with Crippen LogP contribution in [0, 0.1) is 0 Å². The molecule has 0 bridgehead atoms. The normalized spacial score (nSPS) is 18.5. The molecule has 122 valence electrons. The largest absolute Gasteiger partial charge is 0.468 e. The quantitative estimate of drug-likeness (QED) is 0.896. The fraction of sp³-hybridized carbons (Fsp3) is 0.353. The molecule has 0 radical (unpaired) electrons. The van der Waals surface area contributed by atoms with Gasteiger partial charge in [-0.05, 0) is 36.2 Å². The van der Waals surface area contributed by atoms with Crippen LogP contribution in [0.1, 0.15) is 23.0 Å². The van der Waals surface area contributed by atoms with Gasteiger partial charge in [-0.3, -0.25) is 0 Å². The van der Waals surface area contributed by atoms with Crippen LogP contribution in [0.5, 0.6) is 0 Å². The van der Waals surface area contributed by atoms with Gasteiger partial charge in [0.05, 0.1) is 11.5 Å². The number of thioether (sulfide) groups is 1. The number of benzene rings is 1. The zero-order valence-corrected chi connectivity index (χ0v) is 14.3. The van der Waals surface area contributed by atoms with Crippen molar-refractivity contribution in [2.75, 3.05) is 18.8 Å². The SMILES string of the molecule is O=C(NCc1ccc(Cl)cc1)N1CCS[C@@H](c2ccco2)CC1. The van der Waals surface area contributed by atoms with Gasteiger partial charge in [0.1, 0.15) is 5.76 Å². The maximum absolute atomic E-state index is 12.3. The summed E-state index contributed by atoms with van der Waals surface area (Å²) < 4.78 is 5.49. The van der Waals surface area contributed by atoms with E-state index in [9.17, 15) is 4.79 Å². The van der Waals surface area contributed by atoms with Crippen molar-refractivity contribution in [3.8, 4) is 0 Å². The minimum absolute atomic E-state index is 0.0133. The lowest BCUT2D eigenvalue weighted by molar-refractivity contribution is 0.200. The van der Waals surface area contributed by atoms with E-state index in [1.807, 2.05) is 53.1 Å². The van der Waals surface area contributed by atoms with Gasteiger partial charge in [-0.2, -0.15) is 0 Å². The van der Waals surface area contributed by atoms with E-state index in [1.165, 1.54) is 0 Å². The first kappa shape index (κ1) is 16.3. The monoisotopic (exact) mass is 350 g/mol. The average Bonchev–Trinajstić information content (AvgIpc) is 2.98. The molecule has 2 aromatic rings. The number of nitrogens with one attached hydrogen (secondary N) is 1. The molecule has 0 spiro atoms. The standard InChI is InChI=1S/C17H19ClN2O2S/c18-14-5-3-13(4-6-14)12-19-17(21)20-8-7-16(23-11-9-20)15-2-1-10-22-15/h1-6,10,16H,7-9,11-12H2,(H,19,21)/t16-/m1/s1. The van der Waals surface area contributed by atoms with Crippen LogP contribution in [0.15, 0.2) is 47.1 Å². The molecule has 1 saturated heterocycles. The second-order valence-corrected chi connectivity index (χ2v) is 7.18. The molecule has 1 aromatic carbocycles. The smallest absolute Gasteiger partial charge is 0.317 e. The second kappa shape index (κ2) is 7.79. The third-order valence-electron chi connectivity index (χ3n) is 3.85. The predicted molar refractivity (Wildman–Crippen MR) is 93.8 cm³/mol. The van der Waals surface area contributed by atoms with Gasteiger partial charge in [0.2, 0.25) is 0 Å². The highest BCUT2D eigenvalue weighted by molar-refractivity contribution is 7.99. The van der Waals surface area contributed by atoms with E-state index >= 15 is 0 Å². The van der Waals surface area contributed by atoms with Crippen LogP contribution in [0.3, 0.4) is 0 Å². The van der Waals surface area contributed by atoms with Gasteiger partial charge in [-0.25, -0.2) is 4.79 Å². The summed E-state index contributed by atoms with van der Waals surface area (Å²) in [5, 5.41) is 4.01. The lowest BCUT2D eigenvalue weighted by atomic mass is 10.2. The molecule has 1 aliphatic heterocycles. The van der Waals surface area contributed by atoms with Gasteiger partial charge >= 0.3 is 6.03 Å². The zero-order valence-electron chi connectivity index (χ0n) is 12.7. The Bertz CT molecular complexity index is 631. The molecular weight excluding hydrogens is 332 g/mol. The van der Waals surface area contributed by atoms with Crippen LogP contribution in [0.25, 0.3) is 0 Å². The Kier molecular flexibility index (Phi) is 5.51. The Morgan fingerprint density at radius 1 is 1.30 bits per heavy atom. The minimum Gasteiger partial charge on any atom is -0.468 e. The topological polar surface area (TPSA) is 45.5 Å². The number of furan rings is 1. The van der Waals surface area contributed by atoms with Crippen molar-refractivity contribution in [3.63, 3.8) is 0 Å². The Balaban J connectivity index is 1.50. The highest BCUT2D eigenvalue weighted by Crippen LogP contribution is 2.34. The number of urea groups is 1. The summed E-state index contributed by atoms with van der Waals surface area (Å²) in [4.78, 5) is 14.2. The van der Waals surface area contributed by atoms with Crippen molar-refractivity contribution < 1.29 is 9.21 Å². The van der Waals surface area contributed by atoms with Crippen molar-refractivity contribution in [1.82, 2.24) is 10.2 Å². The predicted octanol–water partition coefficient (Wildman–Crippen LogP) is 4.32. The molecule has 3 rings (SSSR count). The molecule has 1 aliphatic rings. The molecular formula is C17H19ClN2O2S. The van der Waals surface area contributed by atoms with Crippen molar-refractivity contribution >= 4 is 29.4 Å². The van der Waals surface area contributed by atoms with E-state index in [1.54, 1.807) is 6.26 Å². The fourth-order valence-electron chi connectivity index (χ4n) is 2.57.